The van der Waals surface area contributed by atoms with Crippen molar-refractivity contribution in [3.63, 3.8) is 0 Å². The van der Waals surface area contributed by atoms with E-state index >= 15 is 0 Å². The van der Waals surface area contributed by atoms with Crippen LogP contribution in [0.3, 0.4) is 0 Å². The van der Waals surface area contributed by atoms with E-state index < -0.39 is 36.5 Å². The maximum atomic E-state index is 13.8. The Kier molecular flexibility index (Phi) is 6.10. The SMILES string of the molecule is CCOC(=O)C(F)[C@H](N)c1cccc(OC(F)(F)C(F)F)c1. The summed E-state index contributed by atoms with van der Waals surface area (Å²) in [4.78, 5) is 11.2. The number of hydrogen-bond donors (Lipinski definition) is 1. The van der Waals surface area contributed by atoms with Crippen LogP contribution in [0.15, 0.2) is 24.3 Å². The van der Waals surface area contributed by atoms with Crippen molar-refractivity contribution >= 4 is 5.97 Å². The molecule has 9 heteroatoms. The normalized spacial score (nSPS) is 14.5. The number of rotatable bonds is 7. The molecule has 0 radical (unpaired) electrons. The molecule has 0 fully saturated rings. The first-order chi connectivity index (χ1) is 10.2. The van der Waals surface area contributed by atoms with Crippen molar-refractivity contribution in [3.05, 3.63) is 29.8 Å². The van der Waals surface area contributed by atoms with Gasteiger partial charge in [0.1, 0.15) is 5.75 Å². The average Bonchev–Trinajstić information content (AvgIpc) is 2.45. The lowest BCUT2D eigenvalue weighted by atomic mass is 10.0. The van der Waals surface area contributed by atoms with E-state index in [0.717, 1.165) is 18.2 Å². The van der Waals surface area contributed by atoms with Crippen molar-refractivity contribution in [1.82, 2.24) is 0 Å². The molecule has 1 aromatic rings. The van der Waals surface area contributed by atoms with E-state index in [4.69, 9.17) is 5.73 Å². The van der Waals surface area contributed by atoms with Crippen LogP contribution >= 0.6 is 0 Å². The summed E-state index contributed by atoms with van der Waals surface area (Å²) in [5.74, 6) is -1.84. The lowest BCUT2D eigenvalue weighted by molar-refractivity contribution is -0.253. The van der Waals surface area contributed by atoms with E-state index in [-0.39, 0.29) is 12.2 Å². The van der Waals surface area contributed by atoms with E-state index in [1.54, 1.807) is 0 Å². The Labute approximate surface area is 123 Å². The number of benzene rings is 1. The Hall–Kier alpha value is -1.90. The van der Waals surface area contributed by atoms with Crippen molar-refractivity contribution in [1.29, 1.82) is 0 Å². The number of esters is 1. The molecular formula is C13H14F5NO3. The number of carbonyl (C=O) groups is 1. The standard InChI is InChI=1S/C13H14F5NO3/c1-2-21-11(20)9(14)10(19)7-4-3-5-8(6-7)22-13(17,18)12(15)16/h3-6,9-10,12H,2,19H2,1H3/t9?,10-/m1/s1. The van der Waals surface area contributed by atoms with Crippen LogP contribution in [0.5, 0.6) is 5.75 Å². The van der Waals surface area contributed by atoms with Crippen molar-refractivity contribution in [2.24, 2.45) is 5.73 Å². The highest BCUT2D eigenvalue weighted by molar-refractivity contribution is 5.75. The van der Waals surface area contributed by atoms with E-state index in [1.165, 1.54) is 13.0 Å². The predicted octanol–water partition coefficient (Wildman–Crippen LogP) is 2.82. The minimum Gasteiger partial charge on any atom is -0.464 e. The monoisotopic (exact) mass is 327 g/mol. The highest BCUT2D eigenvalue weighted by Crippen LogP contribution is 2.29. The van der Waals surface area contributed by atoms with Gasteiger partial charge in [-0.25, -0.2) is 9.18 Å². The Bertz CT molecular complexity index is 512. The largest absolute Gasteiger partial charge is 0.464 e. The third-order valence-electron chi connectivity index (χ3n) is 2.58. The van der Waals surface area contributed by atoms with E-state index in [2.05, 4.69) is 9.47 Å². The van der Waals surface area contributed by atoms with Gasteiger partial charge in [-0.1, -0.05) is 12.1 Å². The summed E-state index contributed by atoms with van der Waals surface area (Å²) in [7, 11) is 0. The van der Waals surface area contributed by atoms with Gasteiger partial charge in [0.05, 0.1) is 12.6 Å². The molecule has 0 aliphatic heterocycles. The third kappa shape index (κ3) is 4.55. The molecule has 4 nitrogen and oxygen atoms in total. The summed E-state index contributed by atoms with van der Waals surface area (Å²) < 4.78 is 71.8. The molecule has 124 valence electrons. The maximum absolute atomic E-state index is 13.8. The Morgan fingerprint density at radius 1 is 1.32 bits per heavy atom. The van der Waals surface area contributed by atoms with Crippen LogP contribution in [0.2, 0.25) is 0 Å². The van der Waals surface area contributed by atoms with Crippen LogP contribution in [0.4, 0.5) is 22.0 Å². The van der Waals surface area contributed by atoms with Crippen LogP contribution < -0.4 is 10.5 Å². The molecule has 0 amide bonds. The third-order valence-corrected chi connectivity index (χ3v) is 2.58. The summed E-state index contributed by atoms with van der Waals surface area (Å²) in [6.45, 7) is 1.41. The Morgan fingerprint density at radius 3 is 2.50 bits per heavy atom. The van der Waals surface area contributed by atoms with Gasteiger partial charge in [0.25, 0.3) is 0 Å². The second-order valence-corrected chi connectivity index (χ2v) is 4.22. The van der Waals surface area contributed by atoms with E-state index in [9.17, 15) is 26.7 Å². The smallest absolute Gasteiger partial charge is 0.461 e. The molecule has 1 aromatic carbocycles. The summed E-state index contributed by atoms with van der Waals surface area (Å²) >= 11 is 0. The average molecular weight is 327 g/mol. The molecule has 0 aliphatic rings. The van der Waals surface area contributed by atoms with Gasteiger partial charge in [-0.05, 0) is 24.6 Å². The topological polar surface area (TPSA) is 61.5 Å². The summed E-state index contributed by atoms with van der Waals surface area (Å²) in [6, 6.07) is 2.72. The van der Waals surface area contributed by atoms with Crippen molar-refractivity contribution in [2.45, 2.75) is 31.7 Å². The zero-order chi connectivity index (χ0) is 16.9. The van der Waals surface area contributed by atoms with Gasteiger partial charge < -0.3 is 15.2 Å². The molecule has 2 N–H and O–H groups in total. The molecular weight excluding hydrogens is 313 g/mol. The molecule has 2 atom stereocenters. The lowest BCUT2D eigenvalue weighted by Crippen LogP contribution is -2.34. The minimum absolute atomic E-state index is 0.0598. The second kappa shape index (κ2) is 7.39. The van der Waals surface area contributed by atoms with Crippen LogP contribution in [0, 0.1) is 0 Å². The molecule has 0 saturated heterocycles. The van der Waals surface area contributed by atoms with Crippen molar-refractivity contribution in [3.8, 4) is 5.75 Å². The van der Waals surface area contributed by atoms with Gasteiger partial charge >= 0.3 is 18.5 Å². The number of carbonyl (C=O) groups excluding carboxylic acids is 1. The van der Waals surface area contributed by atoms with Crippen LogP contribution in [-0.2, 0) is 9.53 Å². The zero-order valence-corrected chi connectivity index (χ0v) is 11.4. The van der Waals surface area contributed by atoms with Gasteiger partial charge in [0.2, 0.25) is 6.17 Å². The fourth-order valence-corrected chi connectivity index (χ4v) is 1.52. The summed E-state index contributed by atoms with van der Waals surface area (Å²) in [5, 5.41) is 0. The minimum atomic E-state index is -4.70. The molecule has 22 heavy (non-hydrogen) atoms. The van der Waals surface area contributed by atoms with E-state index in [0.29, 0.717) is 0 Å². The number of alkyl halides is 5. The molecule has 0 aromatic heterocycles. The number of hydrogen-bond acceptors (Lipinski definition) is 4. The molecule has 0 saturated carbocycles. The van der Waals surface area contributed by atoms with Gasteiger partial charge in [0.15, 0.2) is 0 Å². The highest BCUT2D eigenvalue weighted by atomic mass is 19.3. The first kappa shape index (κ1) is 18.1. The van der Waals surface area contributed by atoms with Gasteiger partial charge in [-0.2, -0.15) is 17.6 Å². The Morgan fingerprint density at radius 2 is 1.95 bits per heavy atom. The first-order valence-corrected chi connectivity index (χ1v) is 6.20. The molecule has 1 rings (SSSR count). The van der Waals surface area contributed by atoms with Gasteiger partial charge in [-0.15, -0.1) is 0 Å². The zero-order valence-electron chi connectivity index (χ0n) is 11.4. The van der Waals surface area contributed by atoms with Crippen LogP contribution in [-0.4, -0.2) is 31.3 Å². The summed E-state index contributed by atoms with van der Waals surface area (Å²) in [6.07, 6.45) is -11.0. The maximum Gasteiger partial charge on any atom is 0.461 e. The number of ether oxygens (including phenoxy) is 2. The molecule has 0 aliphatic carbocycles. The van der Waals surface area contributed by atoms with Gasteiger partial charge in [0, 0.05) is 0 Å². The first-order valence-electron chi connectivity index (χ1n) is 6.20. The molecule has 0 spiro atoms. The fraction of sp³-hybridized carbons (Fsp3) is 0.462. The van der Waals surface area contributed by atoms with Crippen LogP contribution in [0.1, 0.15) is 18.5 Å². The van der Waals surface area contributed by atoms with Crippen molar-refractivity contribution < 1.29 is 36.2 Å². The molecule has 1 unspecified atom stereocenters. The van der Waals surface area contributed by atoms with Gasteiger partial charge in [-0.3, -0.25) is 0 Å². The predicted molar refractivity (Wildman–Crippen MR) is 66.5 cm³/mol. The fourth-order valence-electron chi connectivity index (χ4n) is 1.52. The Balaban J connectivity index is 2.90. The van der Waals surface area contributed by atoms with Crippen molar-refractivity contribution in [2.75, 3.05) is 6.61 Å². The van der Waals surface area contributed by atoms with E-state index in [1.807, 2.05) is 0 Å². The quantitative estimate of drug-likeness (QED) is 0.618. The van der Waals surface area contributed by atoms with Crippen LogP contribution in [0.25, 0.3) is 0 Å². The second-order valence-electron chi connectivity index (χ2n) is 4.22. The number of nitrogens with two attached hydrogens (primary N) is 1. The highest BCUT2D eigenvalue weighted by Gasteiger charge is 2.44. The lowest BCUT2D eigenvalue weighted by Gasteiger charge is -2.19. The summed E-state index contributed by atoms with van der Waals surface area (Å²) in [5.41, 5.74) is 5.41. The molecule has 0 bridgehead atoms. The number of halogens is 5. The molecule has 0 heterocycles.